The van der Waals surface area contributed by atoms with Crippen molar-refractivity contribution in [1.29, 1.82) is 0 Å². The van der Waals surface area contributed by atoms with E-state index in [1.807, 2.05) is 64.4 Å². The first kappa shape index (κ1) is 61.3. The molecule has 6 rings (SSSR count). The normalized spacial score (nSPS) is 15.5. The van der Waals surface area contributed by atoms with Crippen LogP contribution in [0, 0.1) is 18.3 Å². The number of carbonyl (C=O) groups excluding carboxylic acids is 5. The van der Waals surface area contributed by atoms with Crippen LogP contribution in [0.15, 0.2) is 90.6 Å². The van der Waals surface area contributed by atoms with Gasteiger partial charge in [-0.25, -0.2) is 4.98 Å². The minimum absolute atomic E-state index is 0.00837. The number of rotatable bonds is 30. The standard InChI is InChI=1S/C58H68ClF3N4O11S/c1-37(41-11-13-42(14-12-41)54-38(2)64-36-78-54)65-55(71)52-33-45(69)35-66(52)56(72)49(57(3,4)5)32-43(67)19-22-74-24-26-76-28-27-75-25-23-73-21-6-7-53(70)51-34-47(18-20-63-51)77-46-15-8-39(9-16-46)29-44(68)30-40-10-17-50(59)48(31-40)58(60,61)62/h8-18,20,31,34,36-37,45,49,52,69H,6-7,19,21-30,32-33,35H2,1-5H3,(H,65,71)/t37-,45+,49-,52-/m0/s1. The molecule has 2 aromatic heterocycles. The number of hydrogen-bond acceptors (Lipinski definition) is 14. The van der Waals surface area contributed by atoms with Crippen molar-refractivity contribution in [3.8, 4) is 21.9 Å². The average Bonchev–Trinajstić information content (AvgIpc) is 4.02. The minimum Gasteiger partial charge on any atom is -0.457 e. The lowest BCUT2D eigenvalue weighted by Crippen LogP contribution is -2.50. The number of aryl methyl sites for hydroxylation is 1. The van der Waals surface area contributed by atoms with Crippen LogP contribution in [0.2, 0.25) is 5.02 Å². The van der Waals surface area contributed by atoms with Gasteiger partial charge in [-0.2, -0.15) is 13.2 Å². The number of alkyl halides is 3. The lowest BCUT2D eigenvalue weighted by molar-refractivity contribution is -0.146. The van der Waals surface area contributed by atoms with E-state index in [1.54, 1.807) is 41.7 Å². The quantitative estimate of drug-likeness (QED) is 0.0326. The van der Waals surface area contributed by atoms with E-state index in [1.165, 1.54) is 23.2 Å². The molecule has 2 N–H and O–H groups in total. The van der Waals surface area contributed by atoms with E-state index in [-0.39, 0.29) is 105 Å². The third-order valence-corrected chi connectivity index (χ3v) is 14.4. The molecule has 1 fully saturated rings. The molecule has 5 aromatic rings. The molecular formula is C58H68ClF3N4O11S. The average molecular weight is 1120 g/mol. The topological polar surface area (TPSA) is 193 Å². The second-order valence-electron chi connectivity index (χ2n) is 20.2. The Morgan fingerprint density at radius 1 is 0.782 bits per heavy atom. The van der Waals surface area contributed by atoms with E-state index in [2.05, 4.69) is 15.3 Å². The number of β-amino-alcohol motifs (C(OH)–C–C–N with tert-alkyl or cyclic N) is 1. The summed E-state index contributed by atoms with van der Waals surface area (Å²) in [5, 5.41) is 13.2. The Labute approximate surface area is 462 Å². The zero-order valence-electron chi connectivity index (χ0n) is 44.6. The maximum Gasteiger partial charge on any atom is 0.417 e. The molecule has 20 heteroatoms. The zero-order chi connectivity index (χ0) is 56.4. The molecule has 1 aliphatic heterocycles. The molecule has 78 heavy (non-hydrogen) atoms. The molecule has 0 aliphatic carbocycles. The Hall–Kier alpha value is -5.93. The summed E-state index contributed by atoms with van der Waals surface area (Å²) >= 11 is 7.26. The Morgan fingerprint density at radius 2 is 1.41 bits per heavy atom. The van der Waals surface area contributed by atoms with Crippen molar-refractivity contribution < 1.29 is 65.9 Å². The van der Waals surface area contributed by atoms with Crippen LogP contribution in [0.5, 0.6) is 11.5 Å². The molecule has 0 unspecified atom stereocenters. The number of aliphatic hydroxyl groups is 1. The summed E-state index contributed by atoms with van der Waals surface area (Å²) in [5.41, 5.74) is 4.23. The summed E-state index contributed by atoms with van der Waals surface area (Å²) in [5.74, 6) is -1.16. The van der Waals surface area contributed by atoms with Crippen molar-refractivity contribution in [3.63, 3.8) is 0 Å². The van der Waals surface area contributed by atoms with Gasteiger partial charge in [0.2, 0.25) is 11.8 Å². The Balaban J connectivity index is 0.785. The van der Waals surface area contributed by atoms with Crippen LogP contribution in [-0.4, -0.2) is 121 Å². The number of ether oxygens (including phenoxy) is 5. The van der Waals surface area contributed by atoms with Crippen LogP contribution in [0.3, 0.4) is 0 Å². The highest BCUT2D eigenvalue weighted by atomic mass is 35.5. The lowest BCUT2D eigenvalue weighted by Gasteiger charge is -2.35. The SMILES string of the molecule is Cc1ncsc1-c1ccc([C@H](C)NC(=O)[C@@H]2C[C@@H](O)CN2C(=O)[C@H](CC(=O)CCOCCOCCOCCOCCCC(=O)c2cc(Oc3ccc(CC(=O)Cc4ccc(Cl)c(C(F)(F)F)c4)cc3)ccn2)C(C)(C)C)cc1. The van der Waals surface area contributed by atoms with E-state index < -0.39 is 40.2 Å². The number of aliphatic hydroxyl groups excluding tert-OH is 1. The molecule has 3 heterocycles. The fraction of sp³-hybridized carbons (Fsp3) is 0.466. The molecule has 2 amide bonds. The molecular weight excluding hydrogens is 1050 g/mol. The van der Waals surface area contributed by atoms with Gasteiger partial charge in [0.1, 0.15) is 34.8 Å². The number of ketones is 3. The smallest absolute Gasteiger partial charge is 0.417 e. The first-order chi connectivity index (χ1) is 37.2. The molecule has 15 nitrogen and oxygen atoms in total. The van der Waals surface area contributed by atoms with Gasteiger partial charge in [0.05, 0.1) is 85.1 Å². The fourth-order valence-electron chi connectivity index (χ4n) is 8.76. The van der Waals surface area contributed by atoms with Gasteiger partial charge < -0.3 is 39.0 Å². The summed E-state index contributed by atoms with van der Waals surface area (Å²) in [7, 11) is 0. The summed E-state index contributed by atoms with van der Waals surface area (Å²) in [6, 6.07) is 20.0. The predicted octanol–water partition coefficient (Wildman–Crippen LogP) is 10.2. The molecule has 0 radical (unpaired) electrons. The molecule has 0 bridgehead atoms. The summed E-state index contributed by atoms with van der Waals surface area (Å²) in [4.78, 5) is 77.4. The van der Waals surface area contributed by atoms with Crippen molar-refractivity contribution >= 4 is 52.1 Å². The number of halogens is 4. The Kier molecular flexibility index (Phi) is 23.0. The number of hydrogen-bond donors (Lipinski definition) is 2. The predicted molar refractivity (Wildman–Crippen MR) is 289 cm³/mol. The number of nitrogens with one attached hydrogen (secondary N) is 1. The van der Waals surface area contributed by atoms with Gasteiger partial charge in [0, 0.05) is 69.9 Å². The van der Waals surface area contributed by atoms with Crippen molar-refractivity contribution in [2.24, 2.45) is 11.3 Å². The number of thiazole rings is 1. The number of pyridine rings is 1. The van der Waals surface area contributed by atoms with Gasteiger partial charge in [-0.05, 0) is 78.3 Å². The summed E-state index contributed by atoms with van der Waals surface area (Å²) in [6.45, 7) is 11.9. The number of Topliss-reactive ketones (excluding diaryl/α,β-unsaturated/α-hetero) is 3. The number of carbonyl (C=O) groups is 5. The van der Waals surface area contributed by atoms with E-state index >= 15 is 0 Å². The number of aromatic nitrogens is 2. The molecule has 3 aromatic carbocycles. The van der Waals surface area contributed by atoms with E-state index in [9.17, 15) is 42.3 Å². The second-order valence-corrected chi connectivity index (χ2v) is 21.5. The van der Waals surface area contributed by atoms with E-state index in [0.29, 0.717) is 63.1 Å². The van der Waals surface area contributed by atoms with Gasteiger partial charge in [-0.3, -0.25) is 29.0 Å². The molecule has 420 valence electrons. The van der Waals surface area contributed by atoms with Gasteiger partial charge in [-0.15, -0.1) is 11.3 Å². The van der Waals surface area contributed by atoms with E-state index in [0.717, 1.165) is 33.8 Å². The van der Waals surface area contributed by atoms with E-state index in [4.69, 9.17) is 35.3 Å². The van der Waals surface area contributed by atoms with Crippen LogP contribution in [0.4, 0.5) is 13.2 Å². The van der Waals surface area contributed by atoms with Crippen molar-refractivity contribution in [1.82, 2.24) is 20.2 Å². The number of likely N-dealkylation sites (tertiary alicyclic amines) is 1. The van der Waals surface area contributed by atoms with Gasteiger partial charge in [-0.1, -0.05) is 74.8 Å². The highest BCUT2D eigenvalue weighted by Crippen LogP contribution is 2.37. The first-order valence-corrected chi connectivity index (χ1v) is 27.2. The molecule has 1 saturated heterocycles. The van der Waals surface area contributed by atoms with Gasteiger partial charge >= 0.3 is 6.18 Å². The number of nitrogens with zero attached hydrogens (tertiary/aromatic N) is 3. The zero-order valence-corrected chi connectivity index (χ0v) is 46.1. The largest absolute Gasteiger partial charge is 0.457 e. The fourth-order valence-corrected chi connectivity index (χ4v) is 9.80. The van der Waals surface area contributed by atoms with Crippen molar-refractivity contribution in [2.75, 3.05) is 59.4 Å². The van der Waals surface area contributed by atoms with Crippen molar-refractivity contribution in [2.45, 2.75) is 104 Å². The van der Waals surface area contributed by atoms with Gasteiger partial charge in [0.25, 0.3) is 0 Å². The summed E-state index contributed by atoms with van der Waals surface area (Å²) < 4.78 is 68.0. The van der Waals surface area contributed by atoms with Crippen LogP contribution in [-0.2, 0) is 57.1 Å². The van der Waals surface area contributed by atoms with Crippen molar-refractivity contribution in [3.05, 3.63) is 129 Å². The minimum atomic E-state index is -4.62. The number of benzene rings is 3. The maximum absolute atomic E-state index is 14.1. The van der Waals surface area contributed by atoms with Crippen LogP contribution in [0.25, 0.3) is 10.4 Å². The highest BCUT2D eigenvalue weighted by molar-refractivity contribution is 7.13. The highest BCUT2D eigenvalue weighted by Gasteiger charge is 2.44. The van der Waals surface area contributed by atoms with Crippen LogP contribution >= 0.6 is 22.9 Å². The molecule has 0 spiro atoms. The maximum atomic E-state index is 14.1. The van der Waals surface area contributed by atoms with Crippen LogP contribution in [0.1, 0.15) is 104 Å². The molecule has 4 atom stereocenters. The third kappa shape index (κ3) is 18.9. The second kappa shape index (κ2) is 29.3. The Morgan fingerprint density at radius 3 is 2.04 bits per heavy atom. The molecule has 1 aliphatic rings. The number of amides is 2. The summed E-state index contributed by atoms with van der Waals surface area (Å²) in [6.07, 6.45) is -3.33. The first-order valence-electron chi connectivity index (χ1n) is 25.9. The third-order valence-electron chi connectivity index (χ3n) is 13.1. The lowest BCUT2D eigenvalue weighted by atomic mass is 9.76. The van der Waals surface area contributed by atoms with Crippen LogP contribution < -0.4 is 10.1 Å². The van der Waals surface area contributed by atoms with Gasteiger partial charge in [0.15, 0.2) is 5.78 Å². The Bertz CT molecular complexity index is 2790. The molecule has 0 saturated carbocycles. The monoisotopic (exact) mass is 1120 g/mol.